The van der Waals surface area contributed by atoms with Crippen LogP contribution >= 0.6 is 7.82 Å². The van der Waals surface area contributed by atoms with Crippen LogP contribution in [-0.2, 0) is 27.9 Å². The number of hydrogen-bond acceptors (Lipinski definition) is 6. The lowest BCUT2D eigenvalue weighted by molar-refractivity contribution is -0.870. The number of allylic oxidation sites excluding steroid dienone is 11. The highest BCUT2D eigenvalue weighted by Gasteiger charge is 2.30. The van der Waals surface area contributed by atoms with Crippen LogP contribution in [0, 0.1) is 0 Å². The Morgan fingerprint density at radius 2 is 0.790 bits per heavy atom. The SMILES string of the molecule is CC/C=C\C/C=C\C/C=C\C/C=C\C/C=C\CCCCCCCCCCCCCC(=O)OC(/C=C/CCCCCCCCCCC)C(COP(=O)(O)OCC[N+](C)(C)C)NC(=O)CCCCCCCCCCCCCCCCCCC. The molecule has 0 aliphatic heterocycles. The van der Waals surface area contributed by atoms with Gasteiger partial charge in [0.05, 0.1) is 33.8 Å². The summed E-state index contributed by atoms with van der Waals surface area (Å²) < 4.78 is 30.8. The minimum atomic E-state index is -4.45. The van der Waals surface area contributed by atoms with Crippen molar-refractivity contribution in [2.24, 2.45) is 0 Å². The van der Waals surface area contributed by atoms with Crippen LogP contribution in [0.2, 0.25) is 0 Å². The molecule has 0 aliphatic carbocycles. The zero-order valence-corrected chi connectivity index (χ0v) is 54.9. The number of rotatable bonds is 62. The van der Waals surface area contributed by atoms with Gasteiger partial charge < -0.3 is 19.4 Å². The van der Waals surface area contributed by atoms with Gasteiger partial charge in [-0.15, -0.1) is 0 Å². The zero-order valence-electron chi connectivity index (χ0n) is 54.0. The van der Waals surface area contributed by atoms with Crippen LogP contribution in [0.15, 0.2) is 72.9 Å². The smallest absolute Gasteiger partial charge is 0.456 e. The molecule has 0 saturated carbocycles. The number of esters is 1. The molecule has 10 heteroatoms. The molecule has 0 rings (SSSR count). The summed E-state index contributed by atoms with van der Waals surface area (Å²) in [7, 11) is 1.50. The second-order valence-corrected chi connectivity index (χ2v) is 25.8. The van der Waals surface area contributed by atoms with E-state index in [0.717, 1.165) is 89.9 Å². The molecular weight excluding hydrogens is 1020 g/mol. The zero-order chi connectivity index (χ0) is 59.3. The summed E-state index contributed by atoms with van der Waals surface area (Å²) in [5.74, 6) is -0.498. The van der Waals surface area contributed by atoms with Crippen molar-refractivity contribution in [2.45, 2.75) is 328 Å². The molecule has 0 aromatic carbocycles. The average molecular weight is 1160 g/mol. The summed E-state index contributed by atoms with van der Waals surface area (Å²) in [6.45, 7) is 6.93. The lowest BCUT2D eigenvalue weighted by atomic mass is 10.0. The van der Waals surface area contributed by atoms with Gasteiger partial charge in [-0.05, 0) is 76.7 Å². The highest BCUT2D eigenvalue weighted by atomic mass is 31.2. The molecule has 0 aliphatic rings. The Morgan fingerprint density at radius 1 is 0.444 bits per heavy atom. The van der Waals surface area contributed by atoms with Gasteiger partial charge in [-0.25, -0.2) is 4.57 Å². The van der Waals surface area contributed by atoms with E-state index in [9.17, 15) is 19.0 Å². The lowest BCUT2D eigenvalue weighted by Crippen LogP contribution is -2.47. The Balaban J connectivity index is 5.02. The van der Waals surface area contributed by atoms with E-state index in [1.807, 2.05) is 33.3 Å². The van der Waals surface area contributed by atoms with E-state index in [2.05, 4.69) is 86.8 Å². The number of unbranched alkanes of at least 4 members (excludes halogenated alkanes) is 36. The van der Waals surface area contributed by atoms with Crippen molar-refractivity contribution >= 4 is 19.7 Å². The fourth-order valence-corrected chi connectivity index (χ4v) is 10.6. The summed E-state index contributed by atoms with van der Waals surface area (Å²) in [5.41, 5.74) is 0. The quantitative estimate of drug-likeness (QED) is 0.0205. The average Bonchev–Trinajstić information content (AvgIpc) is 3.44. The van der Waals surface area contributed by atoms with Crippen molar-refractivity contribution in [2.75, 3.05) is 40.9 Å². The Bertz CT molecular complexity index is 1620. The van der Waals surface area contributed by atoms with Crippen LogP contribution < -0.4 is 5.32 Å². The second kappa shape index (κ2) is 60.6. The maximum absolute atomic E-state index is 13.6. The number of quaternary nitrogens is 1. The predicted molar refractivity (Wildman–Crippen MR) is 351 cm³/mol. The third-order valence-electron chi connectivity index (χ3n) is 15.2. The molecule has 2 N–H and O–H groups in total. The predicted octanol–water partition coefficient (Wildman–Crippen LogP) is 21.6. The van der Waals surface area contributed by atoms with Gasteiger partial charge in [0.15, 0.2) is 0 Å². The third kappa shape index (κ3) is 61.8. The van der Waals surface area contributed by atoms with Gasteiger partial charge in [0.2, 0.25) is 5.91 Å². The fourth-order valence-electron chi connectivity index (χ4n) is 9.91. The first-order valence-corrected chi connectivity index (χ1v) is 35.8. The number of nitrogens with zero attached hydrogens (tertiary/aromatic N) is 1. The van der Waals surface area contributed by atoms with Gasteiger partial charge in [0.25, 0.3) is 0 Å². The standard InChI is InChI=1S/C71H131N2O7P/c1-7-10-13-16-19-22-25-27-29-31-32-33-34-35-36-37-38-39-40-42-44-46-49-52-55-58-61-64-71(75)80-69(62-59-56-53-50-47-24-21-18-15-12-9-3)68(67-79-81(76,77)78-66-65-73(4,5)6)72-70(74)63-60-57-54-51-48-45-43-41-30-28-26-23-20-17-14-11-8-2/h10,13,19,22,27,29,32-33,35-36,59,62,68-69H,7-9,11-12,14-18,20-21,23-26,28,30-31,34,37-58,60-61,63-67H2,1-6H3,(H-,72,74,76,77)/p+1/b13-10-,22-19-,29-27-,33-32-,36-35-,62-59+. The summed E-state index contributed by atoms with van der Waals surface area (Å²) >= 11 is 0. The number of phosphoric ester groups is 1. The van der Waals surface area contributed by atoms with Crippen molar-refractivity contribution in [3.05, 3.63) is 72.9 Å². The van der Waals surface area contributed by atoms with Gasteiger partial charge in [0, 0.05) is 12.8 Å². The molecule has 472 valence electrons. The Kier molecular flexibility index (Phi) is 58.7. The molecular formula is C71H132N2O7P+. The summed E-state index contributed by atoms with van der Waals surface area (Å²) in [4.78, 5) is 37.8. The van der Waals surface area contributed by atoms with Gasteiger partial charge in [-0.2, -0.15) is 0 Å². The first-order valence-electron chi connectivity index (χ1n) is 34.3. The number of carbonyl (C=O) groups excluding carboxylic acids is 2. The Labute approximate surface area is 502 Å². The van der Waals surface area contributed by atoms with E-state index in [4.69, 9.17) is 13.8 Å². The fraction of sp³-hybridized carbons (Fsp3) is 0.803. The van der Waals surface area contributed by atoms with Gasteiger partial charge >= 0.3 is 13.8 Å². The molecule has 0 fully saturated rings. The first-order chi connectivity index (χ1) is 39.4. The van der Waals surface area contributed by atoms with E-state index >= 15 is 0 Å². The molecule has 3 atom stereocenters. The van der Waals surface area contributed by atoms with Crippen LogP contribution in [0.5, 0.6) is 0 Å². The second-order valence-electron chi connectivity index (χ2n) is 24.3. The monoisotopic (exact) mass is 1160 g/mol. The molecule has 1 amide bonds. The van der Waals surface area contributed by atoms with Gasteiger partial charge in [0.1, 0.15) is 19.3 Å². The van der Waals surface area contributed by atoms with E-state index in [-0.39, 0.29) is 31.5 Å². The van der Waals surface area contributed by atoms with Crippen molar-refractivity contribution in [3.63, 3.8) is 0 Å². The highest BCUT2D eigenvalue weighted by Crippen LogP contribution is 2.43. The molecule has 0 aromatic heterocycles. The van der Waals surface area contributed by atoms with Crippen LogP contribution in [0.3, 0.4) is 0 Å². The topological polar surface area (TPSA) is 111 Å². The van der Waals surface area contributed by atoms with Crippen molar-refractivity contribution in [1.29, 1.82) is 0 Å². The molecule has 0 spiro atoms. The van der Waals surface area contributed by atoms with Crippen molar-refractivity contribution < 1.29 is 37.3 Å². The largest absolute Gasteiger partial charge is 0.472 e. The summed E-state index contributed by atoms with van der Waals surface area (Å²) in [5, 5.41) is 3.07. The molecule has 3 unspecified atom stereocenters. The van der Waals surface area contributed by atoms with Crippen molar-refractivity contribution in [3.8, 4) is 0 Å². The van der Waals surface area contributed by atoms with E-state index in [1.54, 1.807) is 0 Å². The number of ether oxygens (including phenoxy) is 1. The Morgan fingerprint density at radius 3 is 1.19 bits per heavy atom. The van der Waals surface area contributed by atoms with Gasteiger partial charge in [-0.3, -0.25) is 18.6 Å². The minimum absolute atomic E-state index is 0.0398. The molecule has 0 radical (unpaired) electrons. The third-order valence-corrected chi connectivity index (χ3v) is 16.1. The molecule has 81 heavy (non-hydrogen) atoms. The highest BCUT2D eigenvalue weighted by molar-refractivity contribution is 7.47. The van der Waals surface area contributed by atoms with Crippen LogP contribution in [0.1, 0.15) is 316 Å². The summed E-state index contributed by atoms with van der Waals surface area (Å²) in [6, 6.07) is -0.849. The number of phosphoric acid groups is 1. The number of amides is 1. The van der Waals surface area contributed by atoms with Crippen LogP contribution in [0.4, 0.5) is 0 Å². The molecule has 0 saturated heterocycles. The molecule has 0 bridgehead atoms. The summed E-state index contributed by atoms with van der Waals surface area (Å²) in [6.07, 6.45) is 79.1. The van der Waals surface area contributed by atoms with Crippen LogP contribution in [0.25, 0.3) is 0 Å². The lowest BCUT2D eigenvalue weighted by Gasteiger charge is -2.27. The molecule has 0 aromatic rings. The minimum Gasteiger partial charge on any atom is -0.456 e. The Hall–Kier alpha value is -2.55. The van der Waals surface area contributed by atoms with E-state index in [1.165, 1.54) is 193 Å². The molecule has 9 nitrogen and oxygen atoms in total. The number of hydrogen-bond donors (Lipinski definition) is 2. The number of carbonyl (C=O) groups is 2. The van der Waals surface area contributed by atoms with Crippen LogP contribution in [-0.4, -0.2) is 74.3 Å². The van der Waals surface area contributed by atoms with Crippen molar-refractivity contribution in [1.82, 2.24) is 5.32 Å². The van der Waals surface area contributed by atoms with E-state index < -0.39 is 20.0 Å². The number of nitrogens with one attached hydrogen (secondary N) is 1. The van der Waals surface area contributed by atoms with E-state index in [0.29, 0.717) is 17.4 Å². The first kappa shape index (κ1) is 78.5. The normalized spacial score (nSPS) is 14.0. The number of likely N-dealkylation sites (N-methyl/N-ethyl adjacent to an activating group) is 1. The maximum atomic E-state index is 13.6. The maximum Gasteiger partial charge on any atom is 0.472 e. The molecule has 0 heterocycles. The van der Waals surface area contributed by atoms with Gasteiger partial charge in [-0.1, -0.05) is 299 Å².